The molecule has 2 heterocycles. The second-order valence-electron chi connectivity index (χ2n) is 5.45. The first-order chi connectivity index (χ1) is 10.1. The minimum absolute atomic E-state index is 0. The van der Waals surface area contributed by atoms with Crippen molar-refractivity contribution in [3.8, 4) is 0 Å². The van der Waals surface area contributed by atoms with Gasteiger partial charge < -0.3 is 19.5 Å². The van der Waals surface area contributed by atoms with E-state index in [2.05, 4.69) is 17.1 Å². The Morgan fingerprint density at radius 1 is 1.59 bits per heavy atom. The third kappa shape index (κ3) is 5.62. The minimum Gasteiger partial charge on any atom is -0.376 e. The summed E-state index contributed by atoms with van der Waals surface area (Å²) in [6.45, 7) is 5.28. The molecule has 1 saturated heterocycles. The van der Waals surface area contributed by atoms with Gasteiger partial charge in [-0.3, -0.25) is 4.99 Å². The number of aryl methyl sites for hydroxylation is 1. The van der Waals surface area contributed by atoms with Crippen LogP contribution in [0, 0.1) is 0 Å². The first kappa shape index (κ1) is 19.6. The van der Waals surface area contributed by atoms with Crippen LogP contribution in [-0.4, -0.2) is 48.3 Å². The Labute approximate surface area is 155 Å². The molecule has 1 aromatic rings. The maximum Gasteiger partial charge on any atom is 0.194 e. The molecule has 0 amide bonds. The van der Waals surface area contributed by atoms with Gasteiger partial charge in [0.2, 0.25) is 0 Å². The number of ether oxygens (including phenoxy) is 1. The van der Waals surface area contributed by atoms with Crippen LogP contribution in [-0.2, 0) is 18.3 Å². The molecule has 1 atom stereocenters. The minimum atomic E-state index is 0. The lowest BCUT2D eigenvalue weighted by atomic mass is 10.2. The number of nitrogens with zero attached hydrogens (tertiary/aromatic N) is 3. The van der Waals surface area contributed by atoms with Crippen LogP contribution >= 0.6 is 35.6 Å². The van der Waals surface area contributed by atoms with Gasteiger partial charge in [0, 0.05) is 39.1 Å². The van der Waals surface area contributed by atoms with Gasteiger partial charge in [-0.1, -0.05) is 11.6 Å². The highest BCUT2D eigenvalue weighted by Crippen LogP contribution is 2.15. The SMILES string of the molecule is CCNC(=NCC1CCCO1)N(C)Cc1cc(Cl)cn1C.I. The predicted molar refractivity (Wildman–Crippen MR) is 102 cm³/mol. The third-order valence-electron chi connectivity index (χ3n) is 3.64. The monoisotopic (exact) mass is 440 g/mol. The molecule has 5 nitrogen and oxygen atoms in total. The van der Waals surface area contributed by atoms with E-state index in [1.165, 1.54) is 0 Å². The Kier molecular flexibility index (Phi) is 8.56. The highest BCUT2D eigenvalue weighted by molar-refractivity contribution is 14.0. The van der Waals surface area contributed by atoms with Crippen molar-refractivity contribution in [1.82, 2.24) is 14.8 Å². The Balaban J connectivity index is 0.00000242. The van der Waals surface area contributed by atoms with Crippen LogP contribution < -0.4 is 5.32 Å². The Bertz CT molecular complexity index is 486. The van der Waals surface area contributed by atoms with E-state index >= 15 is 0 Å². The average Bonchev–Trinajstić information content (AvgIpc) is 3.05. The van der Waals surface area contributed by atoms with E-state index in [0.29, 0.717) is 0 Å². The van der Waals surface area contributed by atoms with E-state index in [4.69, 9.17) is 21.3 Å². The molecule has 0 aliphatic carbocycles. The summed E-state index contributed by atoms with van der Waals surface area (Å²) in [5, 5.41) is 4.10. The number of aromatic nitrogens is 1. The van der Waals surface area contributed by atoms with Gasteiger partial charge in [0.05, 0.1) is 24.2 Å². The highest BCUT2D eigenvalue weighted by Gasteiger charge is 2.16. The molecule has 22 heavy (non-hydrogen) atoms. The number of nitrogens with one attached hydrogen (secondary N) is 1. The Hall–Kier alpha value is -0.470. The van der Waals surface area contributed by atoms with Crippen molar-refractivity contribution in [2.75, 3.05) is 26.7 Å². The van der Waals surface area contributed by atoms with E-state index in [-0.39, 0.29) is 30.1 Å². The summed E-state index contributed by atoms with van der Waals surface area (Å²) >= 11 is 6.04. The van der Waals surface area contributed by atoms with Crippen molar-refractivity contribution in [3.05, 3.63) is 23.0 Å². The van der Waals surface area contributed by atoms with Gasteiger partial charge in [-0.15, -0.1) is 24.0 Å². The summed E-state index contributed by atoms with van der Waals surface area (Å²) in [5.74, 6) is 0.908. The van der Waals surface area contributed by atoms with Gasteiger partial charge in [-0.2, -0.15) is 0 Å². The zero-order valence-electron chi connectivity index (χ0n) is 13.5. The number of hydrogen-bond acceptors (Lipinski definition) is 2. The fourth-order valence-electron chi connectivity index (χ4n) is 2.49. The second kappa shape index (κ2) is 9.62. The van der Waals surface area contributed by atoms with Crippen LogP contribution in [0.2, 0.25) is 5.02 Å². The average molecular weight is 441 g/mol. The Morgan fingerprint density at radius 3 is 2.91 bits per heavy atom. The van der Waals surface area contributed by atoms with E-state index in [1.54, 1.807) is 0 Å². The van der Waals surface area contributed by atoms with Gasteiger partial charge in [-0.25, -0.2) is 0 Å². The molecule has 0 saturated carbocycles. The summed E-state index contributed by atoms with van der Waals surface area (Å²) in [6.07, 6.45) is 4.45. The lowest BCUT2D eigenvalue weighted by Gasteiger charge is -2.22. The first-order valence-corrected chi connectivity index (χ1v) is 7.89. The molecule has 7 heteroatoms. The molecule has 1 aliphatic heterocycles. The molecule has 0 spiro atoms. The predicted octanol–water partition coefficient (Wildman–Crippen LogP) is 2.87. The molecule has 1 fully saturated rings. The maximum atomic E-state index is 6.04. The van der Waals surface area contributed by atoms with Crippen LogP contribution in [0.5, 0.6) is 0 Å². The van der Waals surface area contributed by atoms with Crippen molar-refractivity contribution in [3.63, 3.8) is 0 Å². The van der Waals surface area contributed by atoms with Crippen LogP contribution in [0.4, 0.5) is 0 Å². The number of aliphatic imine (C=N–C) groups is 1. The van der Waals surface area contributed by atoms with Gasteiger partial charge in [0.25, 0.3) is 0 Å². The van der Waals surface area contributed by atoms with Crippen molar-refractivity contribution < 1.29 is 4.74 Å². The van der Waals surface area contributed by atoms with Crippen molar-refractivity contribution >= 4 is 41.5 Å². The lowest BCUT2D eigenvalue weighted by molar-refractivity contribution is 0.117. The van der Waals surface area contributed by atoms with Gasteiger partial charge >= 0.3 is 0 Å². The molecule has 1 N–H and O–H groups in total. The largest absolute Gasteiger partial charge is 0.376 e. The molecular formula is C15H26ClIN4O. The summed E-state index contributed by atoms with van der Waals surface area (Å²) in [4.78, 5) is 6.81. The number of halogens is 2. The van der Waals surface area contributed by atoms with E-state index in [0.717, 1.165) is 55.8 Å². The maximum absolute atomic E-state index is 6.04. The number of hydrogen-bond donors (Lipinski definition) is 1. The molecule has 0 aromatic carbocycles. The van der Waals surface area contributed by atoms with Crippen molar-refractivity contribution in [2.24, 2.45) is 12.0 Å². The fourth-order valence-corrected chi connectivity index (χ4v) is 2.76. The first-order valence-electron chi connectivity index (χ1n) is 7.52. The quantitative estimate of drug-likeness (QED) is 0.435. The van der Waals surface area contributed by atoms with E-state index in [1.807, 2.05) is 30.9 Å². The van der Waals surface area contributed by atoms with Crippen molar-refractivity contribution in [1.29, 1.82) is 0 Å². The van der Waals surface area contributed by atoms with E-state index < -0.39 is 0 Å². The lowest BCUT2D eigenvalue weighted by Crippen LogP contribution is -2.39. The van der Waals surface area contributed by atoms with Crippen molar-refractivity contribution in [2.45, 2.75) is 32.4 Å². The highest BCUT2D eigenvalue weighted by atomic mass is 127. The second-order valence-corrected chi connectivity index (χ2v) is 5.88. The van der Waals surface area contributed by atoms with Gasteiger partial charge in [0.15, 0.2) is 5.96 Å². The number of rotatable bonds is 5. The molecule has 1 aromatic heterocycles. The third-order valence-corrected chi connectivity index (χ3v) is 3.85. The van der Waals surface area contributed by atoms with Gasteiger partial charge in [0.1, 0.15) is 0 Å². The molecule has 0 radical (unpaired) electrons. The summed E-state index contributed by atoms with van der Waals surface area (Å²) in [6, 6.07) is 1.99. The standard InChI is InChI=1S/C15H25ClN4O.HI/c1-4-17-15(18-9-14-6-5-7-21-14)20(3)11-13-8-12(16)10-19(13)2;/h8,10,14H,4-7,9,11H2,1-3H3,(H,17,18);1H. The molecular weight excluding hydrogens is 415 g/mol. The van der Waals surface area contributed by atoms with Crippen LogP contribution in [0.3, 0.4) is 0 Å². The smallest absolute Gasteiger partial charge is 0.194 e. The molecule has 1 unspecified atom stereocenters. The number of guanidine groups is 1. The van der Waals surface area contributed by atoms with E-state index in [9.17, 15) is 0 Å². The fraction of sp³-hybridized carbons (Fsp3) is 0.667. The molecule has 2 rings (SSSR count). The van der Waals surface area contributed by atoms with Crippen LogP contribution in [0.1, 0.15) is 25.5 Å². The van der Waals surface area contributed by atoms with Crippen LogP contribution in [0.15, 0.2) is 17.3 Å². The summed E-state index contributed by atoms with van der Waals surface area (Å²) in [5.41, 5.74) is 1.16. The zero-order valence-corrected chi connectivity index (χ0v) is 16.6. The van der Waals surface area contributed by atoms with Gasteiger partial charge in [-0.05, 0) is 25.8 Å². The Morgan fingerprint density at radius 2 is 2.36 bits per heavy atom. The topological polar surface area (TPSA) is 41.8 Å². The zero-order chi connectivity index (χ0) is 15.2. The molecule has 0 bridgehead atoms. The molecule has 126 valence electrons. The molecule has 1 aliphatic rings. The summed E-state index contributed by atoms with van der Waals surface area (Å²) in [7, 11) is 4.05. The summed E-state index contributed by atoms with van der Waals surface area (Å²) < 4.78 is 7.67. The normalized spacial score (nSPS) is 18.2. The van der Waals surface area contributed by atoms with Crippen LogP contribution in [0.25, 0.3) is 0 Å².